The summed E-state index contributed by atoms with van der Waals surface area (Å²) in [5.74, 6) is 0. The first-order chi connectivity index (χ1) is 8.78. The van der Waals surface area contributed by atoms with Crippen LogP contribution in [0.1, 0.15) is 41.5 Å². The van der Waals surface area contributed by atoms with Gasteiger partial charge < -0.3 is 20.2 Å². The van der Waals surface area contributed by atoms with Gasteiger partial charge in [-0.3, -0.25) is 0 Å². The molecular weight excluding hydrogens is 272 g/mol. The topological polar surface area (TPSA) is 73.6 Å². The zero-order valence-corrected chi connectivity index (χ0v) is 15.3. The fourth-order valence-electron chi connectivity index (χ4n) is 1.25. The normalized spacial score (nSPS) is 14.8. The van der Waals surface area contributed by atoms with Crippen LogP contribution in [-0.4, -0.2) is 39.2 Å². The largest absolute Gasteiger partial charge is 0.447 e. The number of carbonyl (C=O) groups excluding carboxylic acids is 1. The van der Waals surface area contributed by atoms with E-state index >= 15 is 0 Å². The average molecular weight is 305 g/mol. The molecule has 0 unspecified atom stereocenters. The van der Waals surface area contributed by atoms with E-state index in [0.29, 0.717) is 6.54 Å². The van der Waals surface area contributed by atoms with Crippen LogP contribution in [0, 0.1) is 0 Å². The zero-order valence-electron chi connectivity index (χ0n) is 14.3. The molecule has 1 amide bonds. The van der Waals surface area contributed by atoms with E-state index in [-0.39, 0.29) is 23.3 Å². The number of ether oxygens (including phenoxy) is 1. The fraction of sp³-hybridized carbons (Fsp3) is 0.929. The Morgan fingerprint density at radius 1 is 1.20 bits per heavy atom. The summed E-state index contributed by atoms with van der Waals surface area (Å²) in [6.07, 6.45) is -0.684. The van der Waals surface area contributed by atoms with Gasteiger partial charge in [0.2, 0.25) is 0 Å². The minimum atomic E-state index is -1.90. The molecule has 0 fully saturated rings. The lowest BCUT2D eigenvalue weighted by Crippen LogP contribution is -2.48. The Morgan fingerprint density at radius 3 is 2.05 bits per heavy atom. The van der Waals surface area contributed by atoms with E-state index in [9.17, 15) is 4.79 Å². The van der Waals surface area contributed by atoms with Gasteiger partial charge in [-0.1, -0.05) is 20.8 Å². The van der Waals surface area contributed by atoms with Crippen molar-refractivity contribution in [2.45, 2.75) is 71.3 Å². The Hall–Kier alpha value is -0.593. The highest BCUT2D eigenvalue weighted by atomic mass is 28.4. The molecule has 0 radical (unpaired) electrons. The molecule has 0 aliphatic carbocycles. The summed E-state index contributed by atoms with van der Waals surface area (Å²) in [6.45, 7) is 17.1. The van der Waals surface area contributed by atoms with Crippen molar-refractivity contribution >= 4 is 14.4 Å². The van der Waals surface area contributed by atoms with Crippen molar-refractivity contribution in [3.63, 3.8) is 0 Å². The van der Waals surface area contributed by atoms with Crippen LogP contribution >= 0.6 is 0 Å². The first-order valence-electron chi connectivity index (χ1n) is 7.11. The number of rotatable bonds is 5. The third-order valence-electron chi connectivity index (χ3n) is 3.41. The molecule has 0 aliphatic rings. The molecule has 120 valence electrons. The highest BCUT2D eigenvalue weighted by molar-refractivity contribution is 6.74. The SMILES string of the molecule is CC(C)(C)NC(=O)OC[C@H](CN)O[Si](C)(C)C(C)(C)C. The number of alkyl carbamates (subject to hydrolysis) is 1. The van der Waals surface area contributed by atoms with Gasteiger partial charge in [-0.05, 0) is 38.9 Å². The quantitative estimate of drug-likeness (QED) is 0.766. The summed E-state index contributed by atoms with van der Waals surface area (Å²) >= 11 is 0. The molecule has 0 rings (SSSR count). The van der Waals surface area contributed by atoms with E-state index in [2.05, 4.69) is 39.2 Å². The molecule has 6 heteroatoms. The highest BCUT2D eigenvalue weighted by Gasteiger charge is 2.39. The van der Waals surface area contributed by atoms with Crippen LogP contribution in [0.3, 0.4) is 0 Å². The molecule has 0 aromatic rings. The smallest absolute Gasteiger partial charge is 0.407 e. The van der Waals surface area contributed by atoms with Crippen molar-refractivity contribution in [1.82, 2.24) is 5.32 Å². The molecule has 0 aliphatic heterocycles. The molecular formula is C14H32N2O3Si. The lowest BCUT2D eigenvalue weighted by molar-refractivity contribution is 0.0746. The predicted molar refractivity (Wildman–Crippen MR) is 85.4 cm³/mol. The molecule has 5 nitrogen and oxygen atoms in total. The van der Waals surface area contributed by atoms with Gasteiger partial charge in [-0.15, -0.1) is 0 Å². The summed E-state index contributed by atoms with van der Waals surface area (Å²) in [5, 5.41) is 2.85. The lowest BCUT2D eigenvalue weighted by atomic mass is 10.1. The summed E-state index contributed by atoms with van der Waals surface area (Å²) < 4.78 is 11.3. The van der Waals surface area contributed by atoms with Crippen molar-refractivity contribution in [1.29, 1.82) is 0 Å². The number of hydrogen-bond donors (Lipinski definition) is 2. The lowest BCUT2D eigenvalue weighted by Gasteiger charge is -2.38. The van der Waals surface area contributed by atoms with E-state index in [4.69, 9.17) is 14.9 Å². The average Bonchev–Trinajstić information content (AvgIpc) is 2.19. The summed E-state index contributed by atoms with van der Waals surface area (Å²) in [7, 11) is -1.90. The molecule has 0 bridgehead atoms. The third kappa shape index (κ3) is 7.26. The van der Waals surface area contributed by atoms with Crippen LogP contribution in [-0.2, 0) is 9.16 Å². The Bertz CT molecular complexity index is 319. The highest BCUT2D eigenvalue weighted by Crippen LogP contribution is 2.37. The fourth-order valence-corrected chi connectivity index (χ4v) is 2.61. The van der Waals surface area contributed by atoms with Gasteiger partial charge in [0.25, 0.3) is 0 Å². The van der Waals surface area contributed by atoms with Gasteiger partial charge in [0.05, 0.1) is 6.10 Å². The van der Waals surface area contributed by atoms with Crippen molar-refractivity contribution < 1.29 is 14.0 Å². The molecule has 3 N–H and O–H groups in total. The van der Waals surface area contributed by atoms with E-state index in [1.165, 1.54) is 0 Å². The number of carbonyl (C=O) groups is 1. The molecule has 0 saturated carbocycles. The Morgan fingerprint density at radius 2 is 1.70 bits per heavy atom. The molecule has 20 heavy (non-hydrogen) atoms. The van der Waals surface area contributed by atoms with E-state index in [0.717, 1.165) is 0 Å². The zero-order chi connectivity index (χ0) is 16.2. The van der Waals surface area contributed by atoms with Gasteiger partial charge in [0.15, 0.2) is 8.32 Å². The predicted octanol–water partition coefficient (Wildman–Crippen LogP) is 2.86. The number of nitrogens with two attached hydrogens (primary N) is 1. The van der Waals surface area contributed by atoms with Gasteiger partial charge in [0.1, 0.15) is 6.61 Å². The first kappa shape index (κ1) is 19.4. The second-order valence-electron chi connectivity index (χ2n) is 7.71. The third-order valence-corrected chi connectivity index (χ3v) is 7.94. The van der Waals surface area contributed by atoms with E-state index in [1.807, 2.05) is 20.8 Å². The Balaban J connectivity index is 4.41. The number of amides is 1. The Labute approximate surface area is 124 Å². The van der Waals surface area contributed by atoms with Crippen LogP contribution in [0.5, 0.6) is 0 Å². The van der Waals surface area contributed by atoms with Crippen LogP contribution in [0.4, 0.5) is 4.79 Å². The van der Waals surface area contributed by atoms with Crippen LogP contribution in [0.2, 0.25) is 18.1 Å². The summed E-state index contributed by atoms with van der Waals surface area (Å²) in [6, 6.07) is 0. The summed E-state index contributed by atoms with van der Waals surface area (Å²) in [4.78, 5) is 11.6. The minimum Gasteiger partial charge on any atom is -0.447 e. The van der Waals surface area contributed by atoms with E-state index in [1.54, 1.807) is 0 Å². The second-order valence-corrected chi connectivity index (χ2v) is 12.5. The van der Waals surface area contributed by atoms with E-state index < -0.39 is 14.4 Å². The minimum absolute atomic E-state index is 0.105. The monoisotopic (exact) mass is 304 g/mol. The van der Waals surface area contributed by atoms with Crippen molar-refractivity contribution in [3.05, 3.63) is 0 Å². The molecule has 0 aromatic heterocycles. The molecule has 1 atom stereocenters. The maximum atomic E-state index is 11.6. The molecule has 0 heterocycles. The summed E-state index contributed by atoms with van der Waals surface area (Å²) in [5.41, 5.74) is 5.41. The van der Waals surface area contributed by atoms with Gasteiger partial charge in [-0.25, -0.2) is 4.79 Å². The van der Waals surface area contributed by atoms with Crippen LogP contribution < -0.4 is 11.1 Å². The van der Waals surface area contributed by atoms with Crippen molar-refractivity contribution in [2.75, 3.05) is 13.2 Å². The van der Waals surface area contributed by atoms with Gasteiger partial charge in [0, 0.05) is 12.1 Å². The van der Waals surface area contributed by atoms with Crippen LogP contribution in [0.15, 0.2) is 0 Å². The standard InChI is InChI=1S/C14H32N2O3Si/c1-13(2,3)16-12(17)18-10-11(9-15)19-20(7,8)14(4,5)6/h11H,9-10,15H2,1-8H3,(H,16,17)/t11-/m0/s1. The first-order valence-corrected chi connectivity index (χ1v) is 10.0. The van der Waals surface area contributed by atoms with Gasteiger partial charge >= 0.3 is 6.09 Å². The molecule has 0 saturated heterocycles. The van der Waals surface area contributed by atoms with Crippen molar-refractivity contribution in [2.24, 2.45) is 5.73 Å². The van der Waals surface area contributed by atoms with Gasteiger partial charge in [-0.2, -0.15) is 0 Å². The van der Waals surface area contributed by atoms with Crippen LogP contribution in [0.25, 0.3) is 0 Å². The molecule has 0 aromatic carbocycles. The number of nitrogens with one attached hydrogen (secondary N) is 1. The van der Waals surface area contributed by atoms with Crippen molar-refractivity contribution in [3.8, 4) is 0 Å². The maximum absolute atomic E-state index is 11.6. The maximum Gasteiger partial charge on any atom is 0.407 e. The Kier molecular flexibility index (Phi) is 6.71. The number of hydrogen-bond acceptors (Lipinski definition) is 4. The molecule has 0 spiro atoms. The second kappa shape index (κ2) is 6.91.